The predicted molar refractivity (Wildman–Crippen MR) is 99.5 cm³/mol. The lowest BCUT2D eigenvalue weighted by atomic mass is 9.70. The summed E-state index contributed by atoms with van der Waals surface area (Å²) in [6.07, 6.45) is 8.99. The quantitative estimate of drug-likeness (QED) is 0.739. The van der Waals surface area contributed by atoms with Crippen LogP contribution < -0.4 is 5.73 Å². The molecule has 0 fully saturated rings. The van der Waals surface area contributed by atoms with E-state index in [0.29, 0.717) is 12.2 Å². The first-order valence-electron chi connectivity index (χ1n) is 8.21. The van der Waals surface area contributed by atoms with Gasteiger partial charge in [-0.25, -0.2) is 9.97 Å². The van der Waals surface area contributed by atoms with Crippen LogP contribution in [0.3, 0.4) is 0 Å². The molecule has 1 atom stereocenters. The molecule has 0 saturated carbocycles. The van der Waals surface area contributed by atoms with Crippen LogP contribution in [0, 0.1) is 0 Å². The summed E-state index contributed by atoms with van der Waals surface area (Å²) in [6.45, 7) is 3.56. The summed E-state index contributed by atoms with van der Waals surface area (Å²) in [5, 5.41) is 4.21. The highest BCUT2D eigenvalue weighted by Gasteiger charge is 2.39. The van der Waals surface area contributed by atoms with Crippen molar-refractivity contribution in [3.05, 3.63) is 90.2 Å². The number of nitrogen functional groups attached to an aromatic ring is 1. The van der Waals surface area contributed by atoms with Gasteiger partial charge in [-0.05, 0) is 17.7 Å². The van der Waals surface area contributed by atoms with Crippen molar-refractivity contribution in [1.29, 1.82) is 0 Å². The minimum Gasteiger partial charge on any atom is -0.382 e. The van der Waals surface area contributed by atoms with Crippen molar-refractivity contribution in [3.8, 4) is 0 Å². The monoisotopic (exact) mass is 343 g/mol. The molecule has 2 aromatic heterocycles. The van der Waals surface area contributed by atoms with Crippen molar-refractivity contribution in [3.63, 3.8) is 0 Å². The third-order valence-electron chi connectivity index (χ3n) is 4.74. The minimum atomic E-state index is -0.539. The van der Waals surface area contributed by atoms with E-state index in [4.69, 9.17) is 5.73 Å². The Bertz CT molecular complexity index is 966. The molecular weight excluding hydrogens is 326 g/mol. The van der Waals surface area contributed by atoms with Gasteiger partial charge in [-0.2, -0.15) is 4.68 Å². The van der Waals surface area contributed by atoms with Crippen molar-refractivity contribution in [2.75, 3.05) is 5.73 Å². The molecule has 6 nitrogen and oxygen atoms in total. The average molecular weight is 343 g/mol. The van der Waals surface area contributed by atoms with E-state index in [9.17, 15) is 4.79 Å². The second-order valence-electron chi connectivity index (χ2n) is 6.14. The lowest BCUT2D eigenvalue weighted by molar-refractivity contribution is 0.0950. The van der Waals surface area contributed by atoms with E-state index in [2.05, 4.69) is 39.9 Å². The SMILES string of the molecule is C=CC(=O)n1nc(N)c2c1CC(c1ccccc1)(c1ccncn1)C=C2. The summed E-state index contributed by atoms with van der Waals surface area (Å²) in [7, 11) is 0. The molecule has 1 unspecified atom stereocenters. The maximum atomic E-state index is 12.3. The molecule has 6 heteroatoms. The molecule has 1 aromatic carbocycles. The van der Waals surface area contributed by atoms with Gasteiger partial charge in [0, 0.05) is 18.2 Å². The number of carbonyl (C=O) groups is 1. The molecule has 1 aliphatic carbocycles. The van der Waals surface area contributed by atoms with E-state index in [1.165, 1.54) is 17.1 Å². The molecule has 128 valence electrons. The Kier molecular flexibility index (Phi) is 3.73. The maximum absolute atomic E-state index is 12.3. The van der Waals surface area contributed by atoms with Gasteiger partial charge in [0.05, 0.1) is 16.8 Å². The van der Waals surface area contributed by atoms with Gasteiger partial charge in [-0.15, -0.1) is 5.10 Å². The Hall–Kier alpha value is -3.54. The third kappa shape index (κ3) is 2.35. The first-order chi connectivity index (χ1) is 12.7. The molecule has 4 rings (SSSR count). The Morgan fingerprint density at radius 2 is 2.08 bits per heavy atom. The summed E-state index contributed by atoms with van der Waals surface area (Å²) in [6, 6.07) is 11.9. The Balaban J connectivity index is 1.95. The number of anilines is 1. The Morgan fingerprint density at radius 1 is 1.27 bits per heavy atom. The highest BCUT2D eigenvalue weighted by atomic mass is 16.2. The lowest BCUT2D eigenvalue weighted by Gasteiger charge is -2.33. The maximum Gasteiger partial charge on any atom is 0.270 e. The van der Waals surface area contributed by atoms with Crippen molar-refractivity contribution in [1.82, 2.24) is 19.7 Å². The number of carbonyl (C=O) groups excluding carboxylic acids is 1. The zero-order chi connectivity index (χ0) is 18.1. The zero-order valence-corrected chi connectivity index (χ0v) is 14.0. The first-order valence-corrected chi connectivity index (χ1v) is 8.21. The van der Waals surface area contributed by atoms with Crippen LogP contribution in [0.15, 0.2) is 67.7 Å². The summed E-state index contributed by atoms with van der Waals surface area (Å²) in [5.41, 5.74) is 8.91. The van der Waals surface area contributed by atoms with Crippen LogP contribution in [-0.2, 0) is 11.8 Å². The number of fused-ring (bicyclic) bond motifs is 1. The van der Waals surface area contributed by atoms with Gasteiger partial charge in [0.15, 0.2) is 5.82 Å². The van der Waals surface area contributed by atoms with Crippen LogP contribution in [-0.4, -0.2) is 25.7 Å². The average Bonchev–Trinajstić information content (AvgIpc) is 3.04. The number of nitrogens with zero attached hydrogens (tertiary/aromatic N) is 4. The Labute approximate surface area is 150 Å². The summed E-state index contributed by atoms with van der Waals surface area (Å²) in [5.74, 6) is 0.0219. The summed E-state index contributed by atoms with van der Waals surface area (Å²) in [4.78, 5) is 20.8. The predicted octanol–water partition coefficient (Wildman–Crippen LogP) is 2.64. The molecule has 0 bridgehead atoms. The fraction of sp³-hybridized carbons (Fsp3) is 0.100. The Morgan fingerprint density at radius 3 is 2.77 bits per heavy atom. The number of benzene rings is 1. The molecule has 2 heterocycles. The fourth-order valence-electron chi connectivity index (χ4n) is 3.47. The van der Waals surface area contributed by atoms with Crippen LogP contribution >= 0.6 is 0 Å². The molecule has 26 heavy (non-hydrogen) atoms. The van der Waals surface area contributed by atoms with Gasteiger partial charge in [0.25, 0.3) is 5.91 Å². The van der Waals surface area contributed by atoms with Gasteiger partial charge < -0.3 is 5.73 Å². The van der Waals surface area contributed by atoms with E-state index >= 15 is 0 Å². The summed E-state index contributed by atoms with van der Waals surface area (Å²) < 4.78 is 1.33. The number of nitrogens with two attached hydrogens (primary N) is 1. The van der Waals surface area contributed by atoms with Crippen LogP contribution in [0.4, 0.5) is 5.82 Å². The number of aromatic nitrogens is 4. The second kappa shape index (κ2) is 6.07. The zero-order valence-electron chi connectivity index (χ0n) is 14.0. The smallest absolute Gasteiger partial charge is 0.270 e. The first kappa shape index (κ1) is 16.0. The van der Waals surface area contributed by atoms with E-state index in [-0.39, 0.29) is 5.91 Å². The second-order valence-corrected chi connectivity index (χ2v) is 6.14. The molecule has 0 radical (unpaired) electrons. The lowest BCUT2D eigenvalue weighted by Crippen LogP contribution is -2.33. The van der Waals surface area contributed by atoms with Crippen LogP contribution in [0.25, 0.3) is 6.08 Å². The highest BCUT2D eigenvalue weighted by Crippen LogP contribution is 2.41. The largest absolute Gasteiger partial charge is 0.382 e. The van der Waals surface area contributed by atoms with Gasteiger partial charge in [-0.3, -0.25) is 4.79 Å². The summed E-state index contributed by atoms with van der Waals surface area (Å²) >= 11 is 0. The molecule has 3 aromatic rings. The standard InChI is InChI=1S/C20H17N5O/c1-2-18(26)25-16-12-20(14-6-4-3-5-7-14,17-9-11-22-13-23-17)10-8-15(16)19(21)24-25/h2-11,13H,1,12H2,(H2,21,24). The van der Waals surface area contributed by atoms with Crippen molar-refractivity contribution in [2.45, 2.75) is 11.8 Å². The molecule has 1 aliphatic rings. The number of allylic oxidation sites excluding steroid dienone is 2. The third-order valence-corrected chi connectivity index (χ3v) is 4.74. The van der Waals surface area contributed by atoms with Gasteiger partial charge >= 0.3 is 0 Å². The normalized spacial score (nSPS) is 18.3. The highest BCUT2D eigenvalue weighted by molar-refractivity contribution is 5.90. The van der Waals surface area contributed by atoms with Crippen molar-refractivity contribution < 1.29 is 4.79 Å². The molecule has 0 aliphatic heterocycles. The van der Waals surface area contributed by atoms with Crippen molar-refractivity contribution in [2.24, 2.45) is 0 Å². The van der Waals surface area contributed by atoms with E-state index in [1.54, 1.807) is 6.20 Å². The molecule has 0 amide bonds. The van der Waals surface area contributed by atoms with Crippen LogP contribution in [0.1, 0.15) is 27.3 Å². The van der Waals surface area contributed by atoms with E-state index in [1.807, 2.05) is 30.3 Å². The van der Waals surface area contributed by atoms with Gasteiger partial charge in [0.2, 0.25) is 0 Å². The topological polar surface area (TPSA) is 86.7 Å². The number of hydrogen-bond donors (Lipinski definition) is 1. The molecular formula is C20H17N5O. The van der Waals surface area contributed by atoms with Crippen LogP contribution in [0.2, 0.25) is 0 Å². The molecule has 2 N–H and O–H groups in total. The van der Waals surface area contributed by atoms with Gasteiger partial charge in [0.1, 0.15) is 6.33 Å². The number of rotatable bonds is 3. The van der Waals surface area contributed by atoms with Gasteiger partial charge in [-0.1, -0.05) is 49.1 Å². The van der Waals surface area contributed by atoms with E-state index in [0.717, 1.165) is 22.5 Å². The fourth-order valence-corrected chi connectivity index (χ4v) is 3.47. The molecule has 0 spiro atoms. The number of hydrogen-bond acceptors (Lipinski definition) is 5. The van der Waals surface area contributed by atoms with Crippen molar-refractivity contribution >= 4 is 17.8 Å². The van der Waals surface area contributed by atoms with Crippen LogP contribution in [0.5, 0.6) is 0 Å². The minimum absolute atomic E-state index is 0.308. The van der Waals surface area contributed by atoms with E-state index < -0.39 is 5.41 Å². The molecule has 0 saturated heterocycles.